The molecule has 1 aliphatic heterocycles. The lowest BCUT2D eigenvalue weighted by molar-refractivity contribution is 0.326. The van der Waals surface area contributed by atoms with E-state index in [1.54, 1.807) is 16.9 Å². The number of sulfonamides is 1. The molecule has 2 atom stereocenters. The molecule has 0 spiro atoms. The predicted molar refractivity (Wildman–Crippen MR) is 69.4 cm³/mol. The van der Waals surface area contributed by atoms with E-state index in [2.05, 4.69) is 10.1 Å². The van der Waals surface area contributed by atoms with Crippen LogP contribution < -0.4 is 4.72 Å². The summed E-state index contributed by atoms with van der Waals surface area (Å²) in [7, 11) is -4.15. The Morgan fingerprint density at radius 1 is 1.33 bits per heavy atom. The standard InChI is InChI=1S/C12H12F2N4O2S/c13-7-15-21(19,20)12-16-11-9(14)6-10(18(11)17-12)8-4-2-1-3-5-8/h1-5,9-10,15H,6-7H2/t9-,10-/m0/s1. The molecule has 1 aliphatic rings. The Kier molecular flexibility index (Phi) is 3.46. The van der Waals surface area contributed by atoms with E-state index in [9.17, 15) is 17.2 Å². The molecular formula is C12H12F2N4O2S. The number of hydrogen-bond donors (Lipinski definition) is 1. The van der Waals surface area contributed by atoms with Gasteiger partial charge in [0.1, 0.15) is 0 Å². The first kappa shape index (κ1) is 14.1. The van der Waals surface area contributed by atoms with Gasteiger partial charge in [0.2, 0.25) is 0 Å². The smallest absolute Gasteiger partial charge is 0.239 e. The molecule has 0 saturated carbocycles. The lowest BCUT2D eigenvalue weighted by atomic mass is 10.0. The van der Waals surface area contributed by atoms with Crippen molar-refractivity contribution < 1.29 is 17.2 Å². The van der Waals surface area contributed by atoms with Crippen LogP contribution in [0.1, 0.15) is 30.0 Å². The minimum Gasteiger partial charge on any atom is -0.239 e. The zero-order valence-electron chi connectivity index (χ0n) is 10.8. The van der Waals surface area contributed by atoms with Crippen LogP contribution in [0.4, 0.5) is 8.78 Å². The average Bonchev–Trinajstić information content (AvgIpc) is 3.01. The van der Waals surface area contributed by atoms with Gasteiger partial charge in [-0.2, -0.15) is 9.71 Å². The number of hydrogen-bond acceptors (Lipinski definition) is 4. The first-order valence-electron chi connectivity index (χ1n) is 6.24. The molecule has 0 amide bonds. The summed E-state index contributed by atoms with van der Waals surface area (Å²) in [5.74, 6) is -0.0527. The molecule has 0 unspecified atom stereocenters. The third-order valence-electron chi connectivity index (χ3n) is 3.31. The molecule has 1 aromatic carbocycles. The first-order valence-corrected chi connectivity index (χ1v) is 7.72. The topological polar surface area (TPSA) is 76.9 Å². The van der Waals surface area contributed by atoms with Gasteiger partial charge in [0.05, 0.1) is 6.04 Å². The maximum absolute atomic E-state index is 14.0. The van der Waals surface area contributed by atoms with Gasteiger partial charge < -0.3 is 0 Å². The van der Waals surface area contributed by atoms with Crippen molar-refractivity contribution in [1.29, 1.82) is 0 Å². The van der Waals surface area contributed by atoms with Crippen molar-refractivity contribution in [2.45, 2.75) is 23.8 Å². The monoisotopic (exact) mass is 314 g/mol. The van der Waals surface area contributed by atoms with Crippen LogP contribution in [0.15, 0.2) is 35.5 Å². The van der Waals surface area contributed by atoms with E-state index in [0.29, 0.717) is 0 Å². The highest BCUT2D eigenvalue weighted by molar-refractivity contribution is 7.89. The van der Waals surface area contributed by atoms with E-state index in [0.717, 1.165) is 5.56 Å². The van der Waals surface area contributed by atoms with Crippen molar-refractivity contribution in [1.82, 2.24) is 19.5 Å². The first-order chi connectivity index (χ1) is 10.0. The highest BCUT2D eigenvalue weighted by Crippen LogP contribution is 2.39. The average molecular weight is 314 g/mol. The van der Waals surface area contributed by atoms with Gasteiger partial charge in [-0.05, 0) is 5.56 Å². The van der Waals surface area contributed by atoms with Gasteiger partial charge in [-0.3, -0.25) is 0 Å². The van der Waals surface area contributed by atoms with Gasteiger partial charge in [0.15, 0.2) is 18.8 Å². The van der Waals surface area contributed by atoms with Crippen molar-refractivity contribution in [2.24, 2.45) is 0 Å². The molecule has 0 radical (unpaired) electrons. The summed E-state index contributed by atoms with van der Waals surface area (Å²) in [6, 6.07) is 8.64. The zero-order chi connectivity index (χ0) is 15.0. The number of rotatable bonds is 4. The summed E-state index contributed by atoms with van der Waals surface area (Å²) in [6.45, 7) is -1.27. The summed E-state index contributed by atoms with van der Waals surface area (Å²) in [6.07, 6.45) is -1.26. The van der Waals surface area contributed by atoms with Crippen molar-refractivity contribution in [2.75, 3.05) is 6.80 Å². The lowest BCUT2D eigenvalue weighted by Crippen LogP contribution is -2.24. The second-order valence-electron chi connectivity index (χ2n) is 4.61. The van der Waals surface area contributed by atoms with Crippen LogP contribution in [-0.4, -0.2) is 30.0 Å². The number of fused-ring (bicyclic) bond motifs is 1. The van der Waals surface area contributed by atoms with Gasteiger partial charge in [0, 0.05) is 6.42 Å². The maximum atomic E-state index is 14.0. The number of halogens is 2. The molecule has 1 N–H and O–H groups in total. The third kappa shape index (κ3) is 2.42. The molecular weight excluding hydrogens is 302 g/mol. The van der Waals surface area contributed by atoms with Gasteiger partial charge in [0.25, 0.3) is 15.2 Å². The van der Waals surface area contributed by atoms with Crippen molar-refractivity contribution in [3.05, 3.63) is 41.7 Å². The highest BCUT2D eigenvalue weighted by Gasteiger charge is 2.37. The Labute approximate surface area is 119 Å². The SMILES string of the molecule is O=S(=O)(NCF)c1nc2n(n1)[C@H](c1ccccc1)C[C@@H]2F. The Morgan fingerprint density at radius 2 is 2.05 bits per heavy atom. The minimum atomic E-state index is -4.15. The molecule has 21 heavy (non-hydrogen) atoms. The van der Waals surface area contributed by atoms with Gasteiger partial charge >= 0.3 is 0 Å². The van der Waals surface area contributed by atoms with E-state index in [1.165, 1.54) is 4.68 Å². The molecule has 6 nitrogen and oxygen atoms in total. The largest absolute Gasteiger partial charge is 0.282 e. The van der Waals surface area contributed by atoms with E-state index >= 15 is 0 Å². The zero-order valence-corrected chi connectivity index (χ0v) is 11.6. The summed E-state index contributed by atoms with van der Waals surface area (Å²) >= 11 is 0. The summed E-state index contributed by atoms with van der Waals surface area (Å²) < 4.78 is 52.4. The fourth-order valence-corrected chi connectivity index (χ4v) is 3.04. The van der Waals surface area contributed by atoms with Gasteiger partial charge in [-0.15, -0.1) is 5.10 Å². The molecule has 1 aromatic heterocycles. The Balaban J connectivity index is 2.02. The second kappa shape index (κ2) is 5.15. The predicted octanol–water partition coefficient (Wildman–Crippen LogP) is 1.49. The van der Waals surface area contributed by atoms with E-state index in [1.807, 2.05) is 18.2 Å². The highest BCUT2D eigenvalue weighted by atomic mass is 32.2. The fraction of sp³-hybridized carbons (Fsp3) is 0.333. The van der Waals surface area contributed by atoms with Crippen LogP contribution in [-0.2, 0) is 10.0 Å². The molecule has 0 bridgehead atoms. The van der Waals surface area contributed by atoms with Crippen LogP contribution in [0, 0.1) is 0 Å². The van der Waals surface area contributed by atoms with Crippen LogP contribution in [0.2, 0.25) is 0 Å². The molecule has 0 saturated heterocycles. The molecule has 112 valence electrons. The number of alkyl halides is 2. The van der Waals surface area contributed by atoms with Crippen LogP contribution in [0.5, 0.6) is 0 Å². The van der Waals surface area contributed by atoms with Crippen molar-refractivity contribution >= 4 is 10.0 Å². The van der Waals surface area contributed by atoms with E-state index in [-0.39, 0.29) is 12.2 Å². The second-order valence-corrected chi connectivity index (χ2v) is 6.27. The normalized spacial score (nSPS) is 21.4. The molecule has 0 fully saturated rings. The summed E-state index contributed by atoms with van der Waals surface area (Å²) in [4.78, 5) is 3.70. The Morgan fingerprint density at radius 3 is 2.71 bits per heavy atom. The summed E-state index contributed by atoms with van der Waals surface area (Å²) in [5.41, 5.74) is 0.811. The fourth-order valence-electron chi connectivity index (χ4n) is 2.36. The third-order valence-corrected chi connectivity index (χ3v) is 4.46. The van der Waals surface area contributed by atoms with Crippen molar-refractivity contribution in [3.8, 4) is 0 Å². The number of aromatic nitrogens is 3. The quantitative estimate of drug-likeness (QED) is 0.867. The summed E-state index contributed by atoms with van der Waals surface area (Å²) in [5, 5.41) is 3.23. The van der Waals surface area contributed by atoms with Crippen LogP contribution in [0.25, 0.3) is 0 Å². The Bertz CT molecular complexity index is 748. The number of nitrogens with zero attached hydrogens (tertiary/aromatic N) is 3. The van der Waals surface area contributed by atoms with Crippen LogP contribution >= 0.6 is 0 Å². The molecule has 3 rings (SSSR count). The molecule has 0 aliphatic carbocycles. The maximum Gasteiger partial charge on any atom is 0.282 e. The van der Waals surface area contributed by atoms with E-state index < -0.39 is 34.2 Å². The van der Waals surface area contributed by atoms with Crippen molar-refractivity contribution in [3.63, 3.8) is 0 Å². The Hall–Kier alpha value is -1.87. The van der Waals surface area contributed by atoms with Crippen LogP contribution in [0.3, 0.4) is 0 Å². The number of nitrogens with one attached hydrogen (secondary N) is 1. The molecule has 9 heteroatoms. The minimum absolute atomic E-state index is 0.0527. The molecule has 2 heterocycles. The van der Waals surface area contributed by atoms with E-state index in [4.69, 9.17) is 0 Å². The lowest BCUT2D eigenvalue weighted by Gasteiger charge is -2.11. The molecule has 2 aromatic rings. The van der Waals surface area contributed by atoms with Gasteiger partial charge in [-0.1, -0.05) is 30.3 Å². The number of benzene rings is 1. The van der Waals surface area contributed by atoms with Gasteiger partial charge in [-0.25, -0.2) is 21.9 Å².